The summed E-state index contributed by atoms with van der Waals surface area (Å²) in [6, 6.07) is 10.5. The number of esters is 3. The van der Waals surface area contributed by atoms with Gasteiger partial charge in [0, 0.05) is 95.8 Å². The summed E-state index contributed by atoms with van der Waals surface area (Å²) < 4.78 is 23.2. The molecule has 2 saturated heterocycles. The number of fused-ring (bicyclic) bond motifs is 6. The van der Waals surface area contributed by atoms with Gasteiger partial charge in [-0.3, -0.25) is 14.5 Å². The average Bonchev–Trinajstić information content (AvgIpc) is 3.97. The molecule has 2 aromatic carbocycles. The lowest BCUT2D eigenvalue weighted by atomic mass is 9.47. The number of benzene rings is 2. The van der Waals surface area contributed by atoms with Crippen LogP contribution in [0.15, 0.2) is 60.7 Å². The van der Waals surface area contributed by atoms with Crippen LogP contribution in [-0.2, 0) is 55.4 Å². The third kappa shape index (κ3) is 7.12. The molecule has 0 radical (unpaired) electrons. The fourth-order valence-electron chi connectivity index (χ4n) is 13.9. The van der Waals surface area contributed by atoms with Crippen molar-refractivity contribution >= 4 is 46.4 Å². The van der Waals surface area contributed by atoms with Crippen molar-refractivity contribution in [3.63, 3.8) is 0 Å². The molecule has 10 atom stereocenters. The van der Waals surface area contributed by atoms with Gasteiger partial charge in [-0.25, -0.2) is 14.4 Å². The van der Waals surface area contributed by atoms with E-state index in [1.165, 1.54) is 21.1 Å². The van der Waals surface area contributed by atoms with Gasteiger partial charge in [0.1, 0.15) is 23.3 Å². The summed E-state index contributed by atoms with van der Waals surface area (Å²) in [5.74, 6) is -4.59. The smallest absolute Gasteiger partial charge is 0.344 e. The first kappa shape index (κ1) is 48.7. The van der Waals surface area contributed by atoms with Gasteiger partial charge in [-0.15, -0.1) is 0 Å². The summed E-state index contributed by atoms with van der Waals surface area (Å²) in [5.41, 5.74) is -2.80. The van der Waals surface area contributed by atoms with Crippen molar-refractivity contribution in [3.05, 3.63) is 88.3 Å². The minimum absolute atomic E-state index is 0.0737. The number of likely N-dealkylation sites (N-methyl/N-ethyl adjacent to an activating group) is 1. The Balaban J connectivity index is 0.000000718. The minimum Gasteiger partial charge on any atom is -0.633 e. The zero-order chi connectivity index (χ0) is 49.4. The SMILES string of the molecule is CC[C@]1(O)C[C@H]2C[C@](C(=O)OC)(c3cc4c(cc3OC)N(C)[C@H]3[C@@](O)(C(=O)OC)[C@H](OC(C)=O)[C@]5(CC)C=CCN6CC[C@]43[C@@H]65)c3[nH]c4ccccc4c3CC[N+]([O-])(C2)C1.O=C(O)/C=C\C(=O)O. The molecule has 6 heterocycles. The molecule has 1 spiro atoms. The van der Waals surface area contributed by atoms with E-state index in [1.807, 2.05) is 74.3 Å². The topological polar surface area (TPSA) is 249 Å². The van der Waals surface area contributed by atoms with E-state index in [9.17, 15) is 34.6 Å². The van der Waals surface area contributed by atoms with Gasteiger partial charge in [0.2, 0.25) is 5.60 Å². The molecule has 5 N–H and O–H groups in total. The number of carbonyl (C=O) groups is 5. The highest BCUT2D eigenvalue weighted by Crippen LogP contribution is 2.68. The number of rotatable bonds is 9. The summed E-state index contributed by atoms with van der Waals surface area (Å²) >= 11 is 0. The van der Waals surface area contributed by atoms with Crippen LogP contribution in [0.5, 0.6) is 5.75 Å². The minimum atomic E-state index is -2.34. The standard InChI is InChI=1S/C46H58N4O10.C4H4O4/c1-8-42(54)23-28-24-45(40(52)58-6,36-30(15-20-50(56,25-28)26-42)29-13-10-11-14-33(29)47-36)32-21-31-34(22-35(32)57-5)48(4)38-44(31)17-19-49-18-12-16-43(9-2,37(44)49)39(60-27(3)51)46(38,55)41(53)59-7;5-3(6)1-2-4(7)8/h10-14,16,21-22,28,37-39,47,54-55H,8-9,15,17-20,23-26H2,1-7H3;1-2H,(H,5,6)(H,7,8)/b;2-1-/t28-,37-,38+,39+,42-,43+,44+,45-,46-,50?;/m0./s1. The van der Waals surface area contributed by atoms with Crippen LogP contribution in [0.25, 0.3) is 10.9 Å². The van der Waals surface area contributed by atoms with Crippen molar-refractivity contribution < 1.29 is 68.0 Å². The molecule has 6 aliphatic rings. The molecular weight excluding hydrogens is 881 g/mol. The Morgan fingerprint density at radius 1 is 0.941 bits per heavy atom. The van der Waals surface area contributed by atoms with Gasteiger partial charge >= 0.3 is 29.8 Å². The number of anilines is 1. The van der Waals surface area contributed by atoms with E-state index in [2.05, 4.69) is 9.88 Å². The number of aliphatic hydroxyl groups is 2. The van der Waals surface area contributed by atoms with Crippen molar-refractivity contribution in [3.8, 4) is 5.75 Å². The second-order valence-electron chi connectivity index (χ2n) is 19.6. The van der Waals surface area contributed by atoms with E-state index >= 15 is 4.79 Å². The van der Waals surface area contributed by atoms with Crippen LogP contribution >= 0.6 is 0 Å². The molecule has 366 valence electrons. The highest BCUT2D eigenvalue weighted by Gasteiger charge is 2.80. The van der Waals surface area contributed by atoms with Crippen LogP contribution < -0.4 is 9.64 Å². The molecular formula is C50H62N4O14. The van der Waals surface area contributed by atoms with Crippen LogP contribution in [0.3, 0.4) is 0 Å². The number of piperidine rings is 1. The third-order valence-electron chi connectivity index (χ3n) is 16.2. The number of aromatic amines is 1. The number of methoxy groups -OCH3 is 3. The average molecular weight is 943 g/mol. The molecule has 18 heteroatoms. The Morgan fingerprint density at radius 3 is 2.25 bits per heavy atom. The Bertz CT molecular complexity index is 2600. The molecule has 5 aliphatic heterocycles. The Hall–Kier alpha value is -5.79. The van der Waals surface area contributed by atoms with E-state index in [0.717, 1.165) is 22.0 Å². The number of hydroxylamine groups is 3. The van der Waals surface area contributed by atoms with Crippen molar-refractivity contribution in [1.82, 2.24) is 9.88 Å². The second kappa shape index (κ2) is 17.3. The highest BCUT2D eigenvalue weighted by atomic mass is 16.6. The number of aliphatic carboxylic acids is 2. The van der Waals surface area contributed by atoms with E-state index in [0.29, 0.717) is 80.0 Å². The van der Waals surface area contributed by atoms with Crippen molar-refractivity contribution in [2.45, 2.75) is 99.5 Å². The maximum Gasteiger partial charge on any atom is 0.344 e. The molecule has 2 bridgehead atoms. The number of aromatic nitrogens is 1. The van der Waals surface area contributed by atoms with Gasteiger partial charge < -0.3 is 59.1 Å². The molecule has 0 amide bonds. The number of H-pyrrole nitrogens is 1. The summed E-state index contributed by atoms with van der Waals surface area (Å²) in [6.45, 7) is 6.94. The van der Waals surface area contributed by atoms with Crippen LogP contribution in [0.2, 0.25) is 0 Å². The lowest BCUT2D eigenvalue weighted by Gasteiger charge is -2.63. The zero-order valence-electron chi connectivity index (χ0n) is 39.6. The highest BCUT2D eigenvalue weighted by molar-refractivity contribution is 5.95. The Kier molecular flexibility index (Phi) is 12.4. The summed E-state index contributed by atoms with van der Waals surface area (Å²) in [6.07, 6.45) is 6.06. The summed E-state index contributed by atoms with van der Waals surface area (Å²) in [7, 11) is 6.01. The lowest BCUT2D eigenvalue weighted by molar-refractivity contribution is -0.896. The molecule has 3 fully saturated rings. The fraction of sp³-hybridized carbons (Fsp3) is 0.540. The molecule has 1 aromatic heterocycles. The fourth-order valence-corrected chi connectivity index (χ4v) is 13.9. The summed E-state index contributed by atoms with van der Waals surface area (Å²) in [4.78, 5) is 69.8. The van der Waals surface area contributed by atoms with Gasteiger partial charge in [0.05, 0.1) is 40.5 Å². The van der Waals surface area contributed by atoms with E-state index in [1.54, 1.807) is 7.11 Å². The first-order valence-electron chi connectivity index (χ1n) is 23.2. The number of nitrogens with one attached hydrogen (secondary N) is 1. The number of carbonyl (C=O) groups excluding carboxylic acids is 3. The quantitative estimate of drug-likeness (QED) is 0.0512. The molecule has 9 rings (SSSR count). The van der Waals surface area contributed by atoms with Crippen LogP contribution in [-0.4, -0.2) is 155 Å². The first-order chi connectivity index (χ1) is 32.2. The van der Waals surface area contributed by atoms with Gasteiger partial charge in [-0.05, 0) is 61.9 Å². The molecule has 3 aromatic rings. The molecule has 1 saturated carbocycles. The number of quaternary nitrogens is 1. The largest absolute Gasteiger partial charge is 0.633 e. The number of hydrogen-bond donors (Lipinski definition) is 5. The second-order valence-corrected chi connectivity index (χ2v) is 19.6. The molecule has 18 nitrogen and oxygen atoms in total. The van der Waals surface area contributed by atoms with Gasteiger partial charge in [0.15, 0.2) is 6.10 Å². The van der Waals surface area contributed by atoms with Gasteiger partial charge in [-0.2, -0.15) is 0 Å². The number of nitrogens with zero attached hydrogens (tertiary/aromatic N) is 3. The van der Waals surface area contributed by atoms with Gasteiger partial charge in [0.25, 0.3) is 0 Å². The molecule has 68 heavy (non-hydrogen) atoms. The third-order valence-corrected chi connectivity index (χ3v) is 16.2. The van der Waals surface area contributed by atoms with Crippen LogP contribution in [0, 0.1) is 16.5 Å². The molecule has 1 unspecified atom stereocenters. The maximum absolute atomic E-state index is 15.3. The number of hydrogen-bond acceptors (Lipinski definition) is 14. The van der Waals surface area contributed by atoms with Crippen LogP contribution in [0.4, 0.5) is 5.69 Å². The number of carboxylic acids is 2. The van der Waals surface area contributed by atoms with Gasteiger partial charge in [-0.1, -0.05) is 44.2 Å². The van der Waals surface area contributed by atoms with Crippen LogP contribution in [0.1, 0.15) is 75.3 Å². The predicted molar refractivity (Wildman–Crippen MR) is 247 cm³/mol. The zero-order valence-corrected chi connectivity index (χ0v) is 39.6. The summed E-state index contributed by atoms with van der Waals surface area (Å²) in [5, 5.41) is 56.6. The monoisotopic (exact) mass is 942 g/mol. The van der Waals surface area contributed by atoms with Crippen molar-refractivity contribution in [2.75, 3.05) is 66.0 Å². The van der Waals surface area contributed by atoms with Crippen molar-refractivity contribution in [2.24, 2.45) is 11.3 Å². The maximum atomic E-state index is 15.3. The predicted octanol–water partition coefficient (Wildman–Crippen LogP) is 3.72. The number of ether oxygens (including phenoxy) is 4. The van der Waals surface area contributed by atoms with E-state index in [4.69, 9.17) is 29.2 Å². The number of carboxylic acid groups (broad SMARTS) is 2. The van der Waals surface area contributed by atoms with Crippen molar-refractivity contribution in [1.29, 1.82) is 0 Å². The van der Waals surface area contributed by atoms with E-state index in [-0.39, 0.29) is 32.1 Å². The number of para-hydroxylation sites is 1. The Labute approximate surface area is 394 Å². The molecule has 1 aliphatic carbocycles. The van der Waals surface area contributed by atoms with E-state index < -0.39 is 80.0 Å². The Morgan fingerprint density at radius 2 is 1.63 bits per heavy atom. The lowest BCUT2D eigenvalue weighted by Crippen LogP contribution is -2.81. The normalized spacial score (nSPS) is 34.5. The first-order valence-corrected chi connectivity index (χ1v) is 23.2.